The van der Waals surface area contributed by atoms with Gasteiger partial charge in [0.05, 0.1) is 11.1 Å². The highest BCUT2D eigenvalue weighted by Crippen LogP contribution is 2.42. The van der Waals surface area contributed by atoms with Crippen LogP contribution in [-0.2, 0) is 12.6 Å². The second-order valence-corrected chi connectivity index (χ2v) is 8.76. The Kier molecular flexibility index (Phi) is 5.54. The first-order valence-corrected chi connectivity index (χ1v) is 10.9. The molecule has 0 radical (unpaired) electrons. The monoisotopic (exact) mass is 508 g/mol. The second-order valence-electron chi connectivity index (χ2n) is 8.36. The van der Waals surface area contributed by atoms with Crippen molar-refractivity contribution in [1.82, 2.24) is 19.9 Å². The first-order chi connectivity index (χ1) is 16.6. The van der Waals surface area contributed by atoms with Gasteiger partial charge in [0.25, 0.3) is 0 Å². The Balaban J connectivity index is 1.72. The largest absolute Gasteiger partial charge is 0.433 e. The van der Waals surface area contributed by atoms with Gasteiger partial charge in [-0.1, -0.05) is 11.6 Å². The second kappa shape index (κ2) is 8.33. The van der Waals surface area contributed by atoms with Crippen LogP contribution in [0.3, 0.4) is 0 Å². The average Bonchev–Trinajstić information content (AvgIpc) is 3.19. The third kappa shape index (κ3) is 3.93. The number of aromatic nitrogens is 4. The lowest BCUT2D eigenvalue weighted by molar-refractivity contribution is -0.141. The summed E-state index contributed by atoms with van der Waals surface area (Å²) in [4.78, 5) is 18.2. The number of aromatic amines is 1. The van der Waals surface area contributed by atoms with E-state index in [0.29, 0.717) is 27.7 Å². The van der Waals surface area contributed by atoms with E-state index in [2.05, 4.69) is 19.9 Å². The lowest BCUT2D eigenvalue weighted by Crippen LogP contribution is -2.38. The molecular weight excluding hydrogens is 491 g/mol. The van der Waals surface area contributed by atoms with Gasteiger partial charge in [0.2, 0.25) is 5.95 Å². The van der Waals surface area contributed by atoms with Crippen LogP contribution in [0.2, 0.25) is 5.02 Å². The van der Waals surface area contributed by atoms with Gasteiger partial charge in [0, 0.05) is 55.2 Å². The summed E-state index contributed by atoms with van der Waals surface area (Å²) in [7, 11) is 3.27. The van der Waals surface area contributed by atoms with Crippen molar-refractivity contribution < 1.29 is 22.0 Å². The highest BCUT2D eigenvalue weighted by molar-refractivity contribution is 6.31. The molecule has 0 fully saturated rings. The van der Waals surface area contributed by atoms with E-state index >= 15 is 0 Å². The third-order valence-corrected chi connectivity index (χ3v) is 6.24. The molecule has 12 heteroatoms. The van der Waals surface area contributed by atoms with Crippen LogP contribution in [0.5, 0.6) is 0 Å². The van der Waals surface area contributed by atoms with Crippen LogP contribution in [0.25, 0.3) is 10.9 Å². The van der Waals surface area contributed by atoms with E-state index in [-0.39, 0.29) is 29.8 Å². The maximum Gasteiger partial charge on any atom is 0.433 e. The summed E-state index contributed by atoms with van der Waals surface area (Å²) in [6.45, 7) is 0.148. The molecule has 3 aromatic heterocycles. The van der Waals surface area contributed by atoms with Gasteiger partial charge >= 0.3 is 6.18 Å². The molecule has 6 nitrogen and oxygen atoms in total. The first-order valence-electron chi connectivity index (χ1n) is 10.5. The van der Waals surface area contributed by atoms with Crippen molar-refractivity contribution in [2.24, 2.45) is 0 Å². The highest BCUT2D eigenvalue weighted by Gasteiger charge is 2.37. The molecule has 0 bridgehead atoms. The molecule has 5 rings (SSSR count). The predicted octanol–water partition coefficient (Wildman–Crippen LogP) is 5.52. The van der Waals surface area contributed by atoms with Crippen LogP contribution >= 0.6 is 11.6 Å². The summed E-state index contributed by atoms with van der Waals surface area (Å²) in [6.07, 6.45) is -1.94. The van der Waals surface area contributed by atoms with Crippen molar-refractivity contribution >= 4 is 34.3 Å². The number of hydrogen-bond acceptors (Lipinski definition) is 5. The van der Waals surface area contributed by atoms with Crippen LogP contribution < -0.4 is 9.80 Å². The van der Waals surface area contributed by atoms with Crippen molar-refractivity contribution in [3.8, 4) is 0 Å². The van der Waals surface area contributed by atoms with Gasteiger partial charge in [-0.2, -0.15) is 13.2 Å². The van der Waals surface area contributed by atoms with E-state index in [4.69, 9.17) is 11.6 Å². The molecule has 0 amide bonds. The Morgan fingerprint density at radius 1 is 1.14 bits per heavy atom. The molecule has 1 aliphatic rings. The number of rotatable bonds is 3. The summed E-state index contributed by atoms with van der Waals surface area (Å²) in [5.74, 6) is -1.31. The molecule has 4 heterocycles. The van der Waals surface area contributed by atoms with Crippen LogP contribution in [0, 0.1) is 11.6 Å². The van der Waals surface area contributed by atoms with E-state index < -0.39 is 29.5 Å². The predicted molar refractivity (Wildman–Crippen MR) is 122 cm³/mol. The fraction of sp³-hybridized carbons (Fsp3) is 0.261. The Labute approximate surface area is 201 Å². The number of hydrogen-bond donors (Lipinski definition) is 1. The topological polar surface area (TPSA) is 60.9 Å². The SMILES string of the molecule is CN(C)c1ncc(C2c3[nH]c4ccc(Cl)c(F)c4c3CCN2c2nccc(C(F)(F)F)n2)cc1F. The number of fused-ring (bicyclic) bond motifs is 3. The van der Waals surface area contributed by atoms with Crippen molar-refractivity contribution in [2.45, 2.75) is 18.6 Å². The number of benzene rings is 1. The molecule has 0 saturated heterocycles. The van der Waals surface area contributed by atoms with Gasteiger partial charge < -0.3 is 14.8 Å². The molecule has 1 atom stereocenters. The number of nitrogens with zero attached hydrogens (tertiary/aromatic N) is 5. The molecule has 4 aromatic rings. The fourth-order valence-electron chi connectivity index (χ4n) is 4.45. The zero-order chi connectivity index (χ0) is 25.1. The van der Waals surface area contributed by atoms with Crippen molar-refractivity contribution in [3.05, 3.63) is 75.8 Å². The van der Waals surface area contributed by atoms with E-state index in [1.54, 1.807) is 20.2 Å². The highest BCUT2D eigenvalue weighted by atomic mass is 35.5. The molecule has 35 heavy (non-hydrogen) atoms. The first kappa shape index (κ1) is 23.3. The maximum absolute atomic E-state index is 15.0. The molecule has 1 N–H and O–H groups in total. The average molecular weight is 509 g/mol. The summed E-state index contributed by atoms with van der Waals surface area (Å²) >= 11 is 6.00. The van der Waals surface area contributed by atoms with Gasteiger partial charge in [-0.05, 0) is 36.2 Å². The Morgan fingerprint density at radius 3 is 2.60 bits per heavy atom. The number of pyridine rings is 1. The van der Waals surface area contributed by atoms with Crippen molar-refractivity contribution in [1.29, 1.82) is 0 Å². The van der Waals surface area contributed by atoms with E-state index in [0.717, 1.165) is 12.3 Å². The zero-order valence-electron chi connectivity index (χ0n) is 18.5. The summed E-state index contributed by atoms with van der Waals surface area (Å²) in [5, 5.41) is 0.239. The number of alkyl halides is 3. The van der Waals surface area contributed by atoms with Gasteiger partial charge in [-0.3, -0.25) is 0 Å². The van der Waals surface area contributed by atoms with E-state index in [1.165, 1.54) is 28.1 Å². The smallest absolute Gasteiger partial charge is 0.360 e. The minimum absolute atomic E-state index is 0.0532. The standard InChI is InChI=1S/C23H18ClF5N6/c1-34(2)21-14(25)9-11(10-31-21)20-19-12(17-15(32-19)4-3-13(24)18(17)26)6-8-35(20)22-30-7-5-16(33-22)23(27,28)29/h3-5,7,9-10,20,32H,6,8H2,1-2H3. The lowest BCUT2D eigenvalue weighted by Gasteiger charge is -2.36. The molecule has 1 aromatic carbocycles. The number of halogens is 6. The molecule has 1 unspecified atom stereocenters. The minimum Gasteiger partial charge on any atom is -0.360 e. The van der Waals surface area contributed by atoms with E-state index in [9.17, 15) is 22.0 Å². The minimum atomic E-state index is -4.67. The lowest BCUT2D eigenvalue weighted by atomic mass is 9.93. The number of anilines is 2. The van der Waals surface area contributed by atoms with Crippen LogP contribution in [0.15, 0.2) is 36.7 Å². The molecular formula is C23H18ClF5N6. The van der Waals surface area contributed by atoms with Gasteiger partial charge in [-0.15, -0.1) is 0 Å². The molecule has 0 aliphatic carbocycles. The molecule has 0 spiro atoms. The molecule has 0 saturated carbocycles. The van der Waals surface area contributed by atoms with Gasteiger partial charge in [0.1, 0.15) is 5.69 Å². The summed E-state index contributed by atoms with van der Waals surface area (Å²) in [5.41, 5.74) is 0.784. The van der Waals surface area contributed by atoms with Gasteiger partial charge in [0.15, 0.2) is 17.5 Å². The number of H-pyrrole nitrogens is 1. The quantitative estimate of drug-likeness (QED) is 0.369. The normalized spacial score (nSPS) is 16.0. The maximum atomic E-state index is 15.0. The third-order valence-electron chi connectivity index (χ3n) is 5.95. The van der Waals surface area contributed by atoms with Crippen LogP contribution in [-0.4, -0.2) is 40.6 Å². The van der Waals surface area contributed by atoms with E-state index in [1.807, 2.05) is 0 Å². The van der Waals surface area contributed by atoms with Crippen molar-refractivity contribution in [2.75, 3.05) is 30.4 Å². The molecule has 1 aliphatic heterocycles. The van der Waals surface area contributed by atoms with Crippen molar-refractivity contribution in [3.63, 3.8) is 0 Å². The zero-order valence-corrected chi connectivity index (χ0v) is 19.2. The Bertz CT molecular complexity index is 1430. The fourth-order valence-corrected chi connectivity index (χ4v) is 4.60. The Hall–Kier alpha value is -3.47. The number of nitrogens with one attached hydrogen (secondary N) is 1. The van der Waals surface area contributed by atoms with Crippen LogP contribution in [0.4, 0.5) is 33.7 Å². The Morgan fingerprint density at radius 2 is 1.91 bits per heavy atom. The summed E-state index contributed by atoms with van der Waals surface area (Å²) in [6, 6.07) is 4.22. The summed E-state index contributed by atoms with van der Waals surface area (Å²) < 4.78 is 69.9. The van der Waals surface area contributed by atoms with Gasteiger partial charge in [-0.25, -0.2) is 23.7 Å². The van der Waals surface area contributed by atoms with Crippen LogP contribution in [0.1, 0.15) is 28.6 Å². The molecule has 182 valence electrons.